The van der Waals surface area contributed by atoms with Crippen molar-refractivity contribution in [2.45, 2.75) is 26.2 Å². The third-order valence-electron chi connectivity index (χ3n) is 2.69. The van der Waals surface area contributed by atoms with Crippen LogP contribution >= 0.6 is 0 Å². The molecule has 0 aromatic carbocycles. The van der Waals surface area contributed by atoms with E-state index in [4.69, 9.17) is 4.74 Å². The molecular weight excluding hydrogens is 250 g/mol. The summed E-state index contributed by atoms with van der Waals surface area (Å²) in [6, 6.07) is 2.94. The first-order chi connectivity index (χ1) is 8.86. The number of nitro groups is 1. The Morgan fingerprint density at radius 1 is 1.68 bits per heavy atom. The Bertz CT molecular complexity index is 565. The maximum absolute atomic E-state index is 11.8. The lowest BCUT2D eigenvalue weighted by atomic mass is 9.87. The summed E-state index contributed by atoms with van der Waals surface area (Å²) in [5.41, 5.74) is -1.48. The molecular formula is C12H13N3O4. The first-order valence-electron chi connectivity index (χ1n) is 5.56. The lowest BCUT2D eigenvalue weighted by Crippen LogP contribution is -2.34. The zero-order valence-electron chi connectivity index (χ0n) is 10.8. The van der Waals surface area contributed by atoms with Gasteiger partial charge in [-0.3, -0.25) is 15.1 Å². The van der Waals surface area contributed by atoms with Gasteiger partial charge in [-0.2, -0.15) is 5.26 Å². The molecule has 7 heteroatoms. The van der Waals surface area contributed by atoms with E-state index in [1.165, 1.54) is 20.0 Å². The topological polar surface area (TPSA) is 106 Å². The first-order valence-corrected chi connectivity index (χ1v) is 5.56. The van der Waals surface area contributed by atoms with Crippen molar-refractivity contribution in [2.24, 2.45) is 0 Å². The molecule has 0 aliphatic carbocycles. The van der Waals surface area contributed by atoms with Crippen molar-refractivity contribution in [3.63, 3.8) is 0 Å². The second-order valence-corrected chi connectivity index (χ2v) is 4.07. The largest absolute Gasteiger partial charge is 0.465 e. The van der Waals surface area contributed by atoms with Gasteiger partial charge in [0, 0.05) is 17.8 Å². The molecule has 0 radical (unpaired) electrons. The number of aromatic nitrogens is 1. The average Bonchev–Trinajstić information content (AvgIpc) is 2.38. The van der Waals surface area contributed by atoms with E-state index < -0.39 is 16.3 Å². The molecule has 19 heavy (non-hydrogen) atoms. The van der Waals surface area contributed by atoms with Crippen molar-refractivity contribution < 1.29 is 14.5 Å². The van der Waals surface area contributed by atoms with E-state index in [1.54, 1.807) is 13.0 Å². The van der Waals surface area contributed by atoms with Crippen LogP contribution < -0.4 is 0 Å². The van der Waals surface area contributed by atoms with Gasteiger partial charge in [-0.05, 0) is 20.8 Å². The third kappa shape index (κ3) is 2.68. The Morgan fingerprint density at radius 2 is 2.32 bits per heavy atom. The van der Waals surface area contributed by atoms with Crippen LogP contribution in [0.4, 0.5) is 5.69 Å². The van der Waals surface area contributed by atoms with E-state index in [0.717, 1.165) is 6.07 Å². The molecule has 1 aromatic heterocycles. The van der Waals surface area contributed by atoms with Crippen LogP contribution in [0.5, 0.6) is 0 Å². The number of esters is 1. The summed E-state index contributed by atoms with van der Waals surface area (Å²) in [7, 11) is 0. The standard InChI is InChI=1S/C12H13N3O4/c1-4-19-11(16)12(3,7-13)10-5-9(15(17)18)8(2)6-14-10/h5-6H,4H2,1-3H3. The Hall–Kier alpha value is -2.49. The van der Waals surface area contributed by atoms with E-state index >= 15 is 0 Å². The lowest BCUT2D eigenvalue weighted by molar-refractivity contribution is -0.385. The molecule has 1 atom stereocenters. The Morgan fingerprint density at radius 3 is 2.79 bits per heavy atom. The summed E-state index contributed by atoms with van der Waals surface area (Å²) < 4.78 is 4.81. The summed E-state index contributed by atoms with van der Waals surface area (Å²) in [5, 5.41) is 20.0. The second-order valence-electron chi connectivity index (χ2n) is 4.07. The summed E-state index contributed by atoms with van der Waals surface area (Å²) >= 11 is 0. The average molecular weight is 263 g/mol. The molecule has 1 heterocycles. The second kappa shape index (κ2) is 5.44. The molecule has 0 aliphatic rings. The fraction of sp³-hybridized carbons (Fsp3) is 0.417. The summed E-state index contributed by atoms with van der Waals surface area (Å²) in [6.07, 6.45) is 1.27. The zero-order chi connectivity index (χ0) is 14.6. The van der Waals surface area contributed by atoms with Crippen LogP contribution in [0.2, 0.25) is 0 Å². The van der Waals surface area contributed by atoms with Crippen molar-refractivity contribution in [1.29, 1.82) is 5.26 Å². The number of aryl methyl sites for hydroxylation is 1. The fourth-order valence-corrected chi connectivity index (χ4v) is 1.47. The molecule has 0 amide bonds. The van der Waals surface area contributed by atoms with Gasteiger partial charge in [0.05, 0.1) is 23.3 Å². The maximum Gasteiger partial charge on any atom is 0.332 e. The van der Waals surface area contributed by atoms with Crippen LogP contribution in [0.25, 0.3) is 0 Å². The normalized spacial score (nSPS) is 13.2. The van der Waals surface area contributed by atoms with Gasteiger partial charge in [0.25, 0.3) is 5.69 Å². The zero-order valence-corrected chi connectivity index (χ0v) is 10.8. The highest BCUT2D eigenvalue weighted by Gasteiger charge is 2.39. The predicted octanol–water partition coefficient (Wildman–Crippen LogP) is 1.64. The van der Waals surface area contributed by atoms with Crippen molar-refractivity contribution in [2.75, 3.05) is 6.61 Å². The summed E-state index contributed by atoms with van der Waals surface area (Å²) in [5.74, 6) is -0.775. The number of carbonyl (C=O) groups excluding carboxylic acids is 1. The van der Waals surface area contributed by atoms with Gasteiger partial charge in [0.1, 0.15) is 0 Å². The molecule has 0 saturated carbocycles. The van der Waals surface area contributed by atoms with Gasteiger partial charge >= 0.3 is 5.97 Å². The van der Waals surface area contributed by atoms with Gasteiger partial charge in [-0.1, -0.05) is 0 Å². The van der Waals surface area contributed by atoms with E-state index in [9.17, 15) is 20.2 Å². The number of hydrogen-bond donors (Lipinski definition) is 0. The van der Waals surface area contributed by atoms with Gasteiger partial charge in [-0.25, -0.2) is 4.79 Å². The van der Waals surface area contributed by atoms with Crippen LogP contribution in [0, 0.1) is 28.4 Å². The van der Waals surface area contributed by atoms with Crippen LogP contribution in [0.1, 0.15) is 25.1 Å². The van der Waals surface area contributed by atoms with Crippen LogP contribution in [-0.4, -0.2) is 22.5 Å². The minimum atomic E-state index is -1.66. The van der Waals surface area contributed by atoms with E-state index in [0.29, 0.717) is 5.56 Å². The molecule has 1 aromatic rings. The Kier molecular flexibility index (Phi) is 4.17. The van der Waals surface area contributed by atoms with Gasteiger partial charge in [0.2, 0.25) is 0 Å². The SMILES string of the molecule is CCOC(=O)C(C)(C#N)c1cc([N+](=O)[O-])c(C)cn1. The number of ether oxygens (including phenoxy) is 1. The lowest BCUT2D eigenvalue weighted by Gasteiger charge is -2.18. The number of nitriles is 1. The van der Waals surface area contributed by atoms with Gasteiger partial charge in [-0.15, -0.1) is 0 Å². The minimum Gasteiger partial charge on any atom is -0.465 e. The van der Waals surface area contributed by atoms with Crippen LogP contribution in [0.3, 0.4) is 0 Å². The predicted molar refractivity (Wildman–Crippen MR) is 65.2 cm³/mol. The fourth-order valence-electron chi connectivity index (χ4n) is 1.47. The first kappa shape index (κ1) is 14.6. The van der Waals surface area contributed by atoms with Crippen LogP contribution in [-0.2, 0) is 14.9 Å². The van der Waals surface area contributed by atoms with Crippen LogP contribution in [0.15, 0.2) is 12.3 Å². The van der Waals surface area contributed by atoms with Crippen molar-refractivity contribution in [3.05, 3.63) is 33.6 Å². The van der Waals surface area contributed by atoms with Crippen molar-refractivity contribution in [3.8, 4) is 6.07 Å². The molecule has 1 rings (SSSR count). The number of carbonyl (C=O) groups is 1. The summed E-state index contributed by atoms with van der Waals surface area (Å²) in [4.78, 5) is 26.0. The monoisotopic (exact) mass is 263 g/mol. The third-order valence-corrected chi connectivity index (χ3v) is 2.69. The molecule has 0 saturated heterocycles. The number of pyridine rings is 1. The molecule has 100 valence electrons. The molecule has 0 N–H and O–H groups in total. The highest BCUT2D eigenvalue weighted by atomic mass is 16.6. The Labute approximate surface area is 110 Å². The maximum atomic E-state index is 11.8. The Balaban J connectivity index is 3.35. The van der Waals surface area contributed by atoms with E-state index in [1.807, 2.05) is 0 Å². The number of nitrogens with zero attached hydrogens (tertiary/aromatic N) is 3. The number of hydrogen-bond acceptors (Lipinski definition) is 6. The molecule has 0 bridgehead atoms. The highest BCUT2D eigenvalue weighted by Crippen LogP contribution is 2.27. The molecule has 1 unspecified atom stereocenters. The molecule has 7 nitrogen and oxygen atoms in total. The van der Waals surface area contributed by atoms with Gasteiger partial charge < -0.3 is 4.74 Å². The summed E-state index contributed by atoms with van der Waals surface area (Å²) in [6.45, 7) is 4.58. The van der Waals surface area contributed by atoms with Crippen molar-refractivity contribution >= 4 is 11.7 Å². The van der Waals surface area contributed by atoms with Crippen molar-refractivity contribution in [1.82, 2.24) is 4.98 Å². The molecule has 0 fully saturated rings. The smallest absolute Gasteiger partial charge is 0.332 e. The number of rotatable bonds is 4. The quantitative estimate of drug-likeness (QED) is 0.464. The minimum absolute atomic E-state index is 0.00532. The van der Waals surface area contributed by atoms with E-state index in [2.05, 4.69) is 4.98 Å². The van der Waals surface area contributed by atoms with Gasteiger partial charge in [0.15, 0.2) is 5.41 Å². The van der Waals surface area contributed by atoms with E-state index in [-0.39, 0.29) is 18.0 Å². The molecule has 0 aliphatic heterocycles. The highest BCUT2D eigenvalue weighted by molar-refractivity contribution is 5.85. The molecule has 0 spiro atoms.